The van der Waals surface area contributed by atoms with Crippen molar-refractivity contribution in [1.82, 2.24) is 0 Å². The molecule has 5 nitrogen and oxygen atoms in total. The molecule has 0 saturated heterocycles. The van der Waals surface area contributed by atoms with Gasteiger partial charge in [-0.05, 0) is 45.1 Å². The number of hydrogen-bond donors (Lipinski definition) is 0. The lowest BCUT2D eigenvalue weighted by atomic mass is 9.88. The summed E-state index contributed by atoms with van der Waals surface area (Å²) >= 11 is 0. The number of halogens is 2. The molecule has 1 aromatic rings. The van der Waals surface area contributed by atoms with Crippen molar-refractivity contribution >= 4 is 5.97 Å². The summed E-state index contributed by atoms with van der Waals surface area (Å²) in [5.74, 6) is -3.55. The van der Waals surface area contributed by atoms with Crippen LogP contribution in [0.4, 0.5) is 8.78 Å². The zero-order valence-corrected chi connectivity index (χ0v) is 23.0. The van der Waals surface area contributed by atoms with Gasteiger partial charge in [0.05, 0.1) is 12.7 Å². The van der Waals surface area contributed by atoms with Gasteiger partial charge in [-0.3, -0.25) is 4.79 Å². The second-order valence-corrected chi connectivity index (χ2v) is 10.3. The van der Waals surface area contributed by atoms with Gasteiger partial charge in [-0.25, -0.2) is 8.78 Å². The van der Waals surface area contributed by atoms with E-state index < -0.39 is 18.3 Å². The number of allylic oxidation sites excluding steroid dienone is 2. The van der Waals surface area contributed by atoms with Gasteiger partial charge in [0.1, 0.15) is 12.2 Å². The molecule has 1 heterocycles. The maximum Gasteiger partial charge on any atom is 0.306 e. The highest BCUT2D eigenvalue weighted by Crippen LogP contribution is 2.41. The van der Waals surface area contributed by atoms with Gasteiger partial charge in [0.2, 0.25) is 0 Å². The smallest absolute Gasteiger partial charge is 0.306 e. The highest BCUT2D eigenvalue weighted by Gasteiger charge is 2.46. The van der Waals surface area contributed by atoms with Gasteiger partial charge in [-0.2, -0.15) is 0 Å². The molecule has 0 aromatic heterocycles. The molecule has 1 aliphatic carbocycles. The molecule has 1 aromatic carbocycles. The Morgan fingerprint density at radius 1 is 1.16 bits per heavy atom. The normalized spacial score (nSPS) is 27.0. The first-order chi connectivity index (χ1) is 18.3. The van der Waals surface area contributed by atoms with Crippen molar-refractivity contribution in [2.75, 3.05) is 6.61 Å². The summed E-state index contributed by atoms with van der Waals surface area (Å²) in [6.45, 7) is 6.22. The third kappa shape index (κ3) is 9.28. The van der Waals surface area contributed by atoms with Crippen LogP contribution in [0.25, 0.3) is 0 Å². The van der Waals surface area contributed by atoms with E-state index in [0.29, 0.717) is 38.7 Å². The first kappa shape index (κ1) is 30.5. The lowest BCUT2D eigenvalue weighted by Gasteiger charge is -2.28. The fraction of sp³-hybridized carbons (Fsp3) is 0.645. The second-order valence-electron chi connectivity index (χ2n) is 10.3. The van der Waals surface area contributed by atoms with Gasteiger partial charge < -0.3 is 18.9 Å². The van der Waals surface area contributed by atoms with E-state index in [4.69, 9.17) is 18.9 Å². The Morgan fingerprint density at radius 3 is 2.68 bits per heavy atom. The molecule has 7 heteroatoms. The van der Waals surface area contributed by atoms with Gasteiger partial charge in [0, 0.05) is 37.7 Å². The van der Waals surface area contributed by atoms with Crippen molar-refractivity contribution in [2.24, 2.45) is 11.8 Å². The summed E-state index contributed by atoms with van der Waals surface area (Å²) in [6, 6.07) is 9.36. The SMILES string of the molecule is CCCCC(F)(F)[C@@H](/C=C/[C@@H]1C2C/C=C\CCCC(=O)OC2C[C@H]1OC(C)OCC)OCc1ccccc1. The maximum atomic E-state index is 15.4. The summed E-state index contributed by atoms with van der Waals surface area (Å²) in [6.07, 6.45) is 8.99. The highest BCUT2D eigenvalue weighted by molar-refractivity contribution is 5.69. The van der Waals surface area contributed by atoms with E-state index >= 15 is 8.78 Å². The van der Waals surface area contributed by atoms with Crippen LogP contribution >= 0.6 is 0 Å². The number of ether oxygens (including phenoxy) is 4. The van der Waals surface area contributed by atoms with E-state index in [-0.39, 0.29) is 43.0 Å². The van der Waals surface area contributed by atoms with Gasteiger partial charge in [0.15, 0.2) is 6.29 Å². The number of carbonyl (C=O) groups excluding carboxylic acids is 1. The predicted octanol–water partition coefficient (Wildman–Crippen LogP) is 7.40. The number of fused-ring (bicyclic) bond motifs is 1. The quantitative estimate of drug-likeness (QED) is 0.150. The van der Waals surface area contributed by atoms with Gasteiger partial charge in [0.25, 0.3) is 5.92 Å². The molecule has 212 valence electrons. The van der Waals surface area contributed by atoms with Crippen molar-refractivity contribution in [2.45, 2.75) is 109 Å². The molecule has 1 saturated carbocycles. The van der Waals surface area contributed by atoms with E-state index in [1.54, 1.807) is 0 Å². The zero-order chi connectivity index (χ0) is 27.4. The Morgan fingerprint density at radius 2 is 1.95 bits per heavy atom. The summed E-state index contributed by atoms with van der Waals surface area (Å²) < 4.78 is 54.3. The zero-order valence-electron chi connectivity index (χ0n) is 23.0. The molecule has 0 radical (unpaired) electrons. The number of esters is 1. The van der Waals surface area contributed by atoms with Gasteiger partial charge >= 0.3 is 5.97 Å². The minimum Gasteiger partial charge on any atom is -0.462 e. The number of carbonyl (C=O) groups is 1. The molecule has 2 aliphatic rings. The third-order valence-electron chi connectivity index (χ3n) is 7.30. The van der Waals surface area contributed by atoms with Crippen LogP contribution in [0.5, 0.6) is 0 Å². The Balaban J connectivity index is 1.87. The molecule has 38 heavy (non-hydrogen) atoms. The van der Waals surface area contributed by atoms with Crippen LogP contribution in [0, 0.1) is 11.8 Å². The Bertz CT molecular complexity index is 888. The molecule has 0 N–H and O–H groups in total. The number of rotatable bonds is 13. The highest BCUT2D eigenvalue weighted by atomic mass is 19.3. The summed E-state index contributed by atoms with van der Waals surface area (Å²) in [5, 5.41) is 0. The monoisotopic (exact) mass is 534 g/mol. The summed E-state index contributed by atoms with van der Waals surface area (Å²) in [4.78, 5) is 12.5. The Hall–Kier alpha value is -2.09. The molecule has 0 amide bonds. The number of alkyl halides is 2. The minimum absolute atomic E-state index is 0.0811. The minimum atomic E-state index is -3.02. The van der Waals surface area contributed by atoms with Crippen molar-refractivity contribution in [3.05, 3.63) is 60.2 Å². The van der Waals surface area contributed by atoms with Crippen molar-refractivity contribution in [3.63, 3.8) is 0 Å². The van der Waals surface area contributed by atoms with Crippen molar-refractivity contribution in [1.29, 1.82) is 0 Å². The Kier molecular flexibility index (Phi) is 12.4. The molecule has 3 rings (SSSR count). The second kappa shape index (κ2) is 15.5. The third-order valence-corrected chi connectivity index (χ3v) is 7.30. The number of unbranched alkanes of at least 4 members (excludes halogenated alkanes) is 1. The number of hydrogen-bond acceptors (Lipinski definition) is 5. The molecule has 0 spiro atoms. The standard InChI is InChI=1S/C31H44F2O5/c1-4-6-20-31(32,33)29(36-22-24-14-10-9-11-15-24)19-18-26-25-16-12-7-8-13-17-30(34)38-28(25)21-27(26)37-23(3)35-5-2/h7,9-12,14-15,18-19,23,25-29H,4-6,8,13,16-17,20-22H2,1-3H3/b12-7-,19-18+/t23?,25?,26-,27-,28?,29-/m1/s1. The van der Waals surface area contributed by atoms with Crippen LogP contribution in [0.3, 0.4) is 0 Å². The van der Waals surface area contributed by atoms with Crippen molar-refractivity contribution in [3.8, 4) is 0 Å². The molecule has 6 atom stereocenters. The van der Waals surface area contributed by atoms with Crippen LogP contribution in [-0.4, -0.2) is 43.1 Å². The number of benzene rings is 1. The van der Waals surface area contributed by atoms with E-state index in [1.807, 2.05) is 57.2 Å². The van der Waals surface area contributed by atoms with E-state index in [9.17, 15) is 4.79 Å². The first-order valence-electron chi connectivity index (χ1n) is 14.2. The maximum absolute atomic E-state index is 15.4. The topological polar surface area (TPSA) is 54.0 Å². The average molecular weight is 535 g/mol. The molecule has 1 fully saturated rings. The lowest BCUT2D eigenvalue weighted by Crippen LogP contribution is -2.35. The lowest BCUT2D eigenvalue weighted by molar-refractivity contribution is -0.165. The Labute approximate surface area is 226 Å². The molecule has 3 unspecified atom stereocenters. The summed E-state index contributed by atoms with van der Waals surface area (Å²) in [7, 11) is 0. The molecular weight excluding hydrogens is 490 g/mol. The van der Waals surface area contributed by atoms with Crippen LogP contribution in [0.1, 0.15) is 77.7 Å². The van der Waals surface area contributed by atoms with E-state index in [0.717, 1.165) is 18.4 Å². The van der Waals surface area contributed by atoms with Crippen LogP contribution in [-0.2, 0) is 30.3 Å². The largest absolute Gasteiger partial charge is 0.462 e. The summed E-state index contributed by atoms with van der Waals surface area (Å²) in [5.41, 5.74) is 0.842. The fourth-order valence-corrected chi connectivity index (χ4v) is 5.29. The van der Waals surface area contributed by atoms with Crippen LogP contribution in [0.2, 0.25) is 0 Å². The molecule has 0 bridgehead atoms. The van der Waals surface area contributed by atoms with Gasteiger partial charge in [-0.15, -0.1) is 0 Å². The molecular formula is C31H44F2O5. The molecule has 1 aliphatic heterocycles. The van der Waals surface area contributed by atoms with Crippen molar-refractivity contribution < 1.29 is 32.5 Å². The van der Waals surface area contributed by atoms with E-state index in [1.165, 1.54) is 6.08 Å². The van der Waals surface area contributed by atoms with E-state index in [2.05, 4.69) is 12.2 Å². The average Bonchev–Trinajstić information content (AvgIpc) is 3.20. The van der Waals surface area contributed by atoms with Crippen LogP contribution < -0.4 is 0 Å². The predicted molar refractivity (Wildman–Crippen MR) is 144 cm³/mol. The first-order valence-corrected chi connectivity index (χ1v) is 14.2. The van der Waals surface area contributed by atoms with Crippen LogP contribution in [0.15, 0.2) is 54.6 Å². The van der Waals surface area contributed by atoms with Gasteiger partial charge in [-0.1, -0.05) is 68.0 Å². The fourth-order valence-electron chi connectivity index (χ4n) is 5.29.